The van der Waals surface area contributed by atoms with Gasteiger partial charge in [0.2, 0.25) is 5.91 Å². The molecule has 0 heterocycles. The molecule has 1 aromatic rings. The summed E-state index contributed by atoms with van der Waals surface area (Å²) < 4.78 is 5.19. The summed E-state index contributed by atoms with van der Waals surface area (Å²) in [5.41, 5.74) is 2.63. The van der Waals surface area contributed by atoms with Crippen molar-refractivity contribution in [2.24, 2.45) is 0 Å². The predicted octanol–water partition coefficient (Wildman–Crippen LogP) is 3.16. The number of carbonyl (C=O) groups excluding carboxylic acids is 2. The highest BCUT2D eigenvalue weighted by Crippen LogP contribution is 2.19. The molecule has 0 atom stereocenters. The van der Waals surface area contributed by atoms with E-state index < -0.39 is 5.54 Å². The fourth-order valence-electron chi connectivity index (χ4n) is 2.04. The van der Waals surface area contributed by atoms with Crippen LogP contribution in [0.2, 0.25) is 0 Å². The number of nitrogens with one attached hydrogen (secondary N) is 1. The standard InChI is InChI=1S/C17H26N2O3/c1-6-7-12-15(20)19(17(2,3)4)18-16(21)13-10-8-9-11-14(13)22-5/h8-11H,6-7,12H2,1-5H3,(H,18,21). The molecule has 1 aromatic carbocycles. The molecule has 0 saturated heterocycles. The van der Waals surface area contributed by atoms with E-state index in [1.165, 1.54) is 12.1 Å². The number of ether oxygens (including phenoxy) is 1. The first-order valence-electron chi connectivity index (χ1n) is 7.58. The van der Waals surface area contributed by atoms with Gasteiger partial charge in [-0.25, -0.2) is 5.01 Å². The maximum Gasteiger partial charge on any atom is 0.273 e. The van der Waals surface area contributed by atoms with Gasteiger partial charge in [-0.1, -0.05) is 25.5 Å². The van der Waals surface area contributed by atoms with Gasteiger partial charge in [-0.15, -0.1) is 0 Å². The second-order valence-corrected chi connectivity index (χ2v) is 6.14. The van der Waals surface area contributed by atoms with Crippen molar-refractivity contribution in [1.29, 1.82) is 0 Å². The molecule has 0 aliphatic carbocycles. The number of unbranched alkanes of at least 4 members (excludes halogenated alkanes) is 1. The fourth-order valence-corrected chi connectivity index (χ4v) is 2.04. The molecule has 122 valence electrons. The summed E-state index contributed by atoms with van der Waals surface area (Å²) in [6.07, 6.45) is 2.15. The average Bonchev–Trinajstić information content (AvgIpc) is 2.48. The molecular formula is C17H26N2O3. The van der Waals surface area contributed by atoms with Crippen molar-refractivity contribution in [2.75, 3.05) is 7.11 Å². The number of hydrazine groups is 1. The van der Waals surface area contributed by atoms with E-state index in [1.54, 1.807) is 24.3 Å². The predicted molar refractivity (Wildman–Crippen MR) is 86.6 cm³/mol. The van der Waals surface area contributed by atoms with E-state index >= 15 is 0 Å². The lowest BCUT2D eigenvalue weighted by Gasteiger charge is -2.35. The molecule has 0 radical (unpaired) electrons. The van der Waals surface area contributed by atoms with E-state index in [-0.39, 0.29) is 11.8 Å². The summed E-state index contributed by atoms with van der Waals surface area (Å²) in [7, 11) is 1.51. The Bertz CT molecular complexity index is 521. The molecule has 1 rings (SSSR count). The highest BCUT2D eigenvalue weighted by molar-refractivity contribution is 5.97. The Morgan fingerprint density at radius 3 is 2.41 bits per heavy atom. The smallest absolute Gasteiger partial charge is 0.273 e. The summed E-state index contributed by atoms with van der Waals surface area (Å²) >= 11 is 0. The van der Waals surface area contributed by atoms with Gasteiger partial charge in [0.25, 0.3) is 5.91 Å². The summed E-state index contributed by atoms with van der Waals surface area (Å²) in [5.74, 6) is 0.0460. The van der Waals surface area contributed by atoms with Crippen molar-refractivity contribution in [2.45, 2.75) is 52.5 Å². The van der Waals surface area contributed by atoms with Gasteiger partial charge < -0.3 is 4.74 Å². The van der Waals surface area contributed by atoms with Crippen molar-refractivity contribution < 1.29 is 14.3 Å². The zero-order chi connectivity index (χ0) is 16.8. The van der Waals surface area contributed by atoms with Gasteiger partial charge in [0, 0.05) is 6.42 Å². The maximum atomic E-state index is 12.5. The van der Waals surface area contributed by atoms with Crippen LogP contribution in [-0.4, -0.2) is 29.5 Å². The third-order valence-electron chi connectivity index (χ3n) is 3.23. The summed E-state index contributed by atoms with van der Waals surface area (Å²) in [6.45, 7) is 7.69. The van der Waals surface area contributed by atoms with Crippen molar-refractivity contribution in [3.63, 3.8) is 0 Å². The zero-order valence-corrected chi connectivity index (χ0v) is 14.1. The summed E-state index contributed by atoms with van der Waals surface area (Å²) in [6, 6.07) is 6.95. The molecule has 1 N–H and O–H groups in total. The second kappa shape index (κ2) is 7.82. The first kappa shape index (κ1) is 18.0. The summed E-state index contributed by atoms with van der Waals surface area (Å²) in [4.78, 5) is 24.8. The van der Waals surface area contributed by atoms with Gasteiger partial charge in [0.05, 0.1) is 18.2 Å². The number of hydrogen-bond donors (Lipinski definition) is 1. The third-order valence-corrected chi connectivity index (χ3v) is 3.23. The van der Waals surface area contributed by atoms with Gasteiger partial charge in [0.1, 0.15) is 5.75 Å². The van der Waals surface area contributed by atoms with Crippen LogP contribution in [0.4, 0.5) is 0 Å². The normalized spacial score (nSPS) is 11.0. The topological polar surface area (TPSA) is 58.6 Å². The monoisotopic (exact) mass is 306 g/mol. The van der Waals surface area contributed by atoms with E-state index in [4.69, 9.17) is 4.74 Å². The van der Waals surface area contributed by atoms with Crippen LogP contribution in [0.1, 0.15) is 57.3 Å². The van der Waals surface area contributed by atoms with E-state index in [2.05, 4.69) is 5.43 Å². The van der Waals surface area contributed by atoms with Crippen LogP contribution in [0.3, 0.4) is 0 Å². The van der Waals surface area contributed by atoms with E-state index in [0.29, 0.717) is 17.7 Å². The number of rotatable bonds is 5. The molecule has 0 aliphatic heterocycles. The molecule has 0 spiro atoms. The quantitative estimate of drug-likeness (QED) is 0.850. The number of carbonyl (C=O) groups is 2. The van der Waals surface area contributed by atoms with Gasteiger partial charge in [-0.2, -0.15) is 0 Å². The zero-order valence-electron chi connectivity index (χ0n) is 14.1. The van der Waals surface area contributed by atoms with Crippen molar-refractivity contribution in [3.05, 3.63) is 29.8 Å². The maximum absolute atomic E-state index is 12.5. The molecule has 0 aromatic heterocycles. The first-order valence-corrected chi connectivity index (χ1v) is 7.58. The van der Waals surface area contributed by atoms with Crippen LogP contribution in [0.5, 0.6) is 5.75 Å². The minimum Gasteiger partial charge on any atom is -0.496 e. The lowest BCUT2D eigenvalue weighted by atomic mass is 10.1. The minimum absolute atomic E-state index is 0.0856. The molecule has 0 unspecified atom stereocenters. The third kappa shape index (κ3) is 4.76. The molecule has 22 heavy (non-hydrogen) atoms. The van der Waals surface area contributed by atoms with Gasteiger partial charge in [0.15, 0.2) is 0 Å². The summed E-state index contributed by atoms with van der Waals surface area (Å²) in [5, 5.41) is 1.41. The Labute approximate surface area is 132 Å². The molecule has 0 aliphatic rings. The Balaban J connectivity index is 2.94. The number of nitrogens with zero attached hydrogens (tertiary/aromatic N) is 1. The van der Waals surface area contributed by atoms with E-state index in [1.807, 2.05) is 27.7 Å². The Morgan fingerprint density at radius 1 is 1.23 bits per heavy atom. The fraction of sp³-hybridized carbons (Fsp3) is 0.529. The van der Waals surface area contributed by atoms with E-state index in [0.717, 1.165) is 12.8 Å². The Hall–Kier alpha value is -2.04. The SMILES string of the molecule is CCCCC(=O)N(NC(=O)c1ccccc1OC)C(C)(C)C. The molecule has 0 fully saturated rings. The van der Waals surface area contributed by atoms with Crippen molar-refractivity contribution in [1.82, 2.24) is 10.4 Å². The lowest BCUT2D eigenvalue weighted by Crippen LogP contribution is -2.55. The van der Waals surface area contributed by atoms with Crippen LogP contribution in [0.15, 0.2) is 24.3 Å². The second-order valence-electron chi connectivity index (χ2n) is 6.14. The molecule has 0 saturated carbocycles. The van der Waals surface area contributed by atoms with Gasteiger partial charge in [-0.3, -0.25) is 15.0 Å². The number of amides is 2. The number of para-hydroxylation sites is 1. The molecule has 5 heteroatoms. The van der Waals surface area contributed by atoms with Crippen LogP contribution in [0, 0.1) is 0 Å². The van der Waals surface area contributed by atoms with Crippen LogP contribution in [-0.2, 0) is 4.79 Å². The highest BCUT2D eigenvalue weighted by atomic mass is 16.5. The van der Waals surface area contributed by atoms with Gasteiger partial charge >= 0.3 is 0 Å². The minimum atomic E-state index is -0.498. The van der Waals surface area contributed by atoms with E-state index in [9.17, 15) is 9.59 Å². The molecule has 5 nitrogen and oxygen atoms in total. The van der Waals surface area contributed by atoms with Crippen LogP contribution < -0.4 is 10.2 Å². The molecular weight excluding hydrogens is 280 g/mol. The van der Waals surface area contributed by atoms with Gasteiger partial charge in [-0.05, 0) is 39.3 Å². The molecule has 0 bridgehead atoms. The first-order chi connectivity index (χ1) is 10.3. The lowest BCUT2D eigenvalue weighted by molar-refractivity contribution is -0.139. The number of benzene rings is 1. The largest absolute Gasteiger partial charge is 0.496 e. The average molecular weight is 306 g/mol. The number of methoxy groups -OCH3 is 1. The Kier molecular flexibility index (Phi) is 6.40. The van der Waals surface area contributed by atoms with Crippen LogP contribution >= 0.6 is 0 Å². The van der Waals surface area contributed by atoms with Crippen molar-refractivity contribution in [3.8, 4) is 5.75 Å². The van der Waals surface area contributed by atoms with Crippen LogP contribution in [0.25, 0.3) is 0 Å². The number of hydrogen-bond acceptors (Lipinski definition) is 3. The van der Waals surface area contributed by atoms with Crippen molar-refractivity contribution >= 4 is 11.8 Å². The molecule has 2 amide bonds. The highest BCUT2D eigenvalue weighted by Gasteiger charge is 2.28. The Morgan fingerprint density at radius 2 is 1.86 bits per heavy atom.